The smallest absolute Gasteiger partial charge is 0.323 e. The molecule has 2 aromatic carbocycles. The molecule has 1 N–H and O–H groups in total. The molecule has 0 radical (unpaired) electrons. The van der Waals surface area contributed by atoms with Crippen LogP contribution in [0.2, 0.25) is 0 Å². The molecule has 2 rings (SSSR count). The molecule has 0 bridgehead atoms. The van der Waals surface area contributed by atoms with E-state index in [9.17, 15) is 4.79 Å². The molecule has 3 heteroatoms. The summed E-state index contributed by atoms with van der Waals surface area (Å²) in [7, 11) is 0. The predicted molar refractivity (Wildman–Crippen MR) is 81.7 cm³/mol. The van der Waals surface area contributed by atoms with Gasteiger partial charge in [0.15, 0.2) is 0 Å². The molecule has 20 heavy (non-hydrogen) atoms. The van der Waals surface area contributed by atoms with Gasteiger partial charge in [0, 0.05) is 12.2 Å². The number of carboxylic acid groups (broad SMARTS) is 1. The minimum Gasteiger partial charge on any atom is -0.480 e. The fourth-order valence-corrected chi connectivity index (χ4v) is 2.02. The third-order valence-corrected chi connectivity index (χ3v) is 3.04. The lowest BCUT2D eigenvalue weighted by Gasteiger charge is -2.23. The second kappa shape index (κ2) is 6.57. The third kappa shape index (κ3) is 3.72. The van der Waals surface area contributed by atoms with Gasteiger partial charge < -0.3 is 10.0 Å². The van der Waals surface area contributed by atoms with Crippen LogP contribution in [-0.4, -0.2) is 17.6 Å². The second-order valence-corrected chi connectivity index (χ2v) is 4.53. The lowest BCUT2D eigenvalue weighted by Crippen LogP contribution is -2.29. The van der Waals surface area contributed by atoms with Crippen molar-refractivity contribution in [2.75, 3.05) is 11.4 Å². The fraction of sp³-hybridized carbons (Fsp3) is 0.118. The van der Waals surface area contributed by atoms with Gasteiger partial charge in [-0.3, -0.25) is 4.79 Å². The van der Waals surface area contributed by atoms with Crippen molar-refractivity contribution in [2.24, 2.45) is 0 Å². The Balaban J connectivity index is 2.18. The molecule has 0 spiro atoms. The molecule has 0 heterocycles. The van der Waals surface area contributed by atoms with Crippen LogP contribution in [0.4, 0.5) is 5.69 Å². The Morgan fingerprint density at radius 1 is 1.10 bits per heavy atom. The van der Waals surface area contributed by atoms with E-state index in [-0.39, 0.29) is 6.54 Å². The normalized spacial score (nSPS) is 10.0. The first-order valence-corrected chi connectivity index (χ1v) is 6.42. The molecule has 0 aliphatic heterocycles. The van der Waals surface area contributed by atoms with Crippen molar-refractivity contribution in [3.8, 4) is 0 Å². The van der Waals surface area contributed by atoms with E-state index in [0.29, 0.717) is 6.54 Å². The van der Waals surface area contributed by atoms with Crippen LogP contribution in [0, 0.1) is 0 Å². The monoisotopic (exact) mass is 267 g/mol. The molecule has 0 aliphatic rings. The Kier molecular flexibility index (Phi) is 4.56. The van der Waals surface area contributed by atoms with Gasteiger partial charge in [0.25, 0.3) is 0 Å². The number of rotatable bonds is 6. The summed E-state index contributed by atoms with van der Waals surface area (Å²) in [6.45, 7) is 4.26. The molecule has 0 amide bonds. The van der Waals surface area contributed by atoms with Crippen LogP contribution in [0.25, 0.3) is 6.08 Å². The predicted octanol–water partition coefficient (Wildman–Crippen LogP) is 3.42. The van der Waals surface area contributed by atoms with Gasteiger partial charge in [-0.05, 0) is 23.3 Å². The van der Waals surface area contributed by atoms with E-state index in [1.165, 1.54) is 0 Å². The average Bonchev–Trinajstić information content (AvgIpc) is 2.48. The molecule has 102 valence electrons. The molecule has 0 saturated heterocycles. The molecule has 0 aromatic heterocycles. The number of hydrogen-bond acceptors (Lipinski definition) is 2. The first-order valence-electron chi connectivity index (χ1n) is 6.42. The van der Waals surface area contributed by atoms with Crippen molar-refractivity contribution < 1.29 is 9.90 Å². The zero-order valence-corrected chi connectivity index (χ0v) is 11.2. The van der Waals surface area contributed by atoms with E-state index in [1.807, 2.05) is 59.5 Å². The largest absolute Gasteiger partial charge is 0.480 e. The van der Waals surface area contributed by atoms with Crippen molar-refractivity contribution >= 4 is 17.7 Å². The number of carboxylic acids is 1. The van der Waals surface area contributed by atoms with Crippen molar-refractivity contribution in [3.05, 3.63) is 72.3 Å². The van der Waals surface area contributed by atoms with E-state index in [4.69, 9.17) is 5.11 Å². The minimum atomic E-state index is -0.837. The lowest BCUT2D eigenvalue weighted by molar-refractivity contribution is -0.135. The molecule has 2 aromatic rings. The highest BCUT2D eigenvalue weighted by molar-refractivity contribution is 5.73. The topological polar surface area (TPSA) is 40.5 Å². The Bertz CT molecular complexity index is 576. The summed E-state index contributed by atoms with van der Waals surface area (Å²) in [5.41, 5.74) is 3.03. The Morgan fingerprint density at radius 2 is 1.75 bits per heavy atom. The summed E-state index contributed by atoms with van der Waals surface area (Å²) < 4.78 is 0. The van der Waals surface area contributed by atoms with E-state index >= 15 is 0 Å². The molecule has 0 atom stereocenters. The van der Waals surface area contributed by atoms with Gasteiger partial charge >= 0.3 is 5.97 Å². The van der Waals surface area contributed by atoms with Crippen molar-refractivity contribution in [2.45, 2.75) is 6.54 Å². The number of anilines is 1. The van der Waals surface area contributed by atoms with Crippen LogP contribution in [0.5, 0.6) is 0 Å². The molecule has 0 aliphatic carbocycles. The maximum atomic E-state index is 11.0. The van der Waals surface area contributed by atoms with Crippen LogP contribution in [0.3, 0.4) is 0 Å². The first-order chi connectivity index (χ1) is 9.69. The van der Waals surface area contributed by atoms with Crippen LogP contribution < -0.4 is 4.90 Å². The highest BCUT2D eigenvalue weighted by Gasteiger charge is 2.10. The van der Waals surface area contributed by atoms with Crippen LogP contribution in [0.1, 0.15) is 11.1 Å². The minimum absolute atomic E-state index is 0.0206. The van der Waals surface area contributed by atoms with E-state index in [1.54, 1.807) is 6.08 Å². The van der Waals surface area contributed by atoms with E-state index in [2.05, 4.69) is 6.58 Å². The Morgan fingerprint density at radius 3 is 2.30 bits per heavy atom. The number of aliphatic carboxylic acids is 1. The van der Waals surface area contributed by atoms with Crippen molar-refractivity contribution in [1.82, 2.24) is 0 Å². The molecule has 0 saturated carbocycles. The van der Waals surface area contributed by atoms with E-state index in [0.717, 1.165) is 16.8 Å². The summed E-state index contributed by atoms with van der Waals surface area (Å²) in [5, 5.41) is 9.05. The highest BCUT2D eigenvalue weighted by atomic mass is 16.4. The molecule has 0 unspecified atom stereocenters. The summed E-state index contributed by atoms with van der Waals surface area (Å²) in [5.74, 6) is -0.837. The molecule has 0 fully saturated rings. The summed E-state index contributed by atoms with van der Waals surface area (Å²) in [6.07, 6.45) is 1.79. The number of para-hydroxylation sites is 1. The van der Waals surface area contributed by atoms with Crippen molar-refractivity contribution in [3.63, 3.8) is 0 Å². The third-order valence-electron chi connectivity index (χ3n) is 3.04. The average molecular weight is 267 g/mol. The SMILES string of the molecule is C=Cc1ccc(CN(CC(=O)O)c2ccccc2)cc1. The zero-order chi connectivity index (χ0) is 14.4. The molecular weight excluding hydrogens is 250 g/mol. The fourth-order valence-electron chi connectivity index (χ4n) is 2.02. The number of carbonyl (C=O) groups is 1. The van der Waals surface area contributed by atoms with Gasteiger partial charge in [0.1, 0.15) is 6.54 Å². The van der Waals surface area contributed by atoms with Crippen LogP contribution in [0.15, 0.2) is 61.2 Å². The van der Waals surface area contributed by atoms with Gasteiger partial charge in [-0.1, -0.05) is 55.1 Å². The molecular formula is C17H17NO2. The zero-order valence-electron chi connectivity index (χ0n) is 11.2. The number of nitrogens with zero attached hydrogens (tertiary/aromatic N) is 1. The number of benzene rings is 2. The summed E-state index contributed by atoms with van der Waals surface area (Å²) in [4.78, 5) is 12.9. The maximum Gasteiger partial charge on any atom is 0.323 e. The Labute approximate surface area is 118 Å². The van der Waals surface area contributed by atoms with E-state index < -0.39 is 5.97 Å². The standard InChI is InChI=1S/C17H17NO2/c1-2-14-8-10-15(11-9-14)12-18(13-17(19)20)16-6-4-3-5-7-16/h2-11H,1,12-13H2,(H,19,20). The van der Waals surface area contributed by atoms with Gasteiger partial charge in [0.05, 0.1) is 0 Å². The van der Waals surface area contributed by atoms with Gasteiger partial charge in [-0.25, -0.2) is 0 Å². The van der Waals surface area contributed by atoms with Gasteiger partial charge in [0.2, 0.25) is 0 Å². The summed E-state index contributed by atoms with van der Waals surface area (Å²) in [6, 6.07) is 17.5. The summed E-state index contributed by atoms with van der Waals surface area (Å²) >= 11 is 0. The lowest BCUT2D eigenvalue weighted by atomic mass is 10.1. The van der Waals surface area contributed by atoms with Gasteiger partial charge in [-0.2, -0.15) is 0 Å². The number of hydrogen-bond donors (Lipinski definition) is 1. The highest BCUT2D eigenvalue weighted by Crippen LogP contribution is 2.17. The second-order valence-electron chi connectivity index (χ2n) is 4.53. The van der Waals surface area contributed by atoms with Crippen LogP contribution in [-0.2, 0) is 11.3 Å². The van der Waals surface area contributed by atoms with Crippen molar-refractivity contribution in [1.29, 1.82) is 0 Å². The quantitative estimate of drug-likeness (QED) is 0.871. The van der Waals surface area contributed by atoms with Gasteiger partial charge in [-0.15, -0.1) is 0 Å². The Hall–Kier alpha value is -2.55. The maximum absolute atomic E-state index is 11.0. The van der Waals surface area contributed by atoms with Crippen LogP contribution >= 0.6 is 0 Å². The first kappa shape index (κ1) is 13.9. The molecule has 3 nitrogen and oxygen atoms in total.